The molecule has 0 aliphatic heterocycles. The number of sulfonamides is 1. The summed E-state index contributed by atoms with van der Waals surface area (Å²) < 4.78 is 30.4. The van der Waals surface area contributed by atoms with Crippen molar-refractivity contribution in [2.75, 3.05) is 20.1 Å². The Morgan fingerprint density at radius 2 is 2.00 bits per heavy atom. The van der Waals surface area contributed by atoms with Crippen molar-refractivity contribution in [1.29, 1.82) is 0 Å². The quantitative estimate of drug-likeness (QED) is 0.751. The van der Waals surface area contributed by atoms with E-state index >= 15 is 0 Å². The first-order valence-electron chi connectivity index (χ1n) is 4.27. The van der Waals surface area contributed by atoms with Gasteiger partial charge < -0.3 is 9.73 Å². The topological polar surface area (TPSA) is 71.3 Å². The number of hydrogen-bond donors (Lipinski definition) is 2. The molecule has 0 fully saturated rings. The van der Waals surface area contributed by atoms with Crippen LogP contribution >= 0.6 is 12.4 Å². The molecule has 0 saturated heterocycles. The Bertz CT molecular complexity index is 388. The van der Waals surface area contributed by atoms with Gasteiger partial charge in [0.1, 0.15) is 5.76 Å². The molecule has 0 aliphatic rings. The Balaban J connectivity index is 0.00000196. The van der Waals surface area contributed by atoms with Crippen molar-refractivity contribution >= 4 is 22.4 Å². The van der Waals surface area contributed by atoms with Gasteiger partial charge in [-0.15, -0.1) is 12.4 Å². The van der Waals surface area contributed by atoms with Crippen LogP contribution in [0.1, 0.15) is 5.76 Å². The molecule has 5 nitrogen and oxygen atoms in total. The molecule has 0 aromatic carbocycles. The Morgan fingerprint density at radius 3 is 2.47 bits per heavy atom. The molecule has 0 saturated carbocycles. The van der Waals surface area contributed by atoms with Gasteiger partial charge in [0.25, 0.3) is 10.0 Å². The number of halogens is 1. The standard InChI is InChI=1S/C8H14N2O3S.ClH/c1-7-3-4-8(13-7)14(11,12)10-6-5-9-2;/h3-4,9-10H,5-6H2,1-2H3;1H. The second-order valence-corrected chi connectivity index (χ2v) is 4.56. The number of furan rings is 1. The van der Waals surface area contributed by atoms with E-state index in [2.05, 4.69) is 10.0 Å². The number of hydrogen-bond acceptors (Lipinski definition) is 4. The molecule has 0 atom stereocenters. The van der Waals surface area contributed by atoms with Gasteiger partial charge in [-0.25, -0.2) is 13.1 Å². The fraction of sp³-hybridized carbons (Fsp3) is 0.500. The van der Waals surface area contributed by atoms with Crippen LogP contribution in [0, 0.1) is 6.92 Å². The number of likely N-dealkylation sites (N-methyl/N-ethyl adjacent to an activating group) is 1. The zero-order valence-corrected chi connectivity index (χ0v) is 10.2. The highest BCUT2D eigenvalue weighted by Crippen LogP contribution is 2.11. The van der Waals surface area contributed by atoms with E-state index in [0.29, 0.717) is 18.8 Å². The van der Waals surface area contributed by atoms with Gasteiger partial charge in [-0.3, -0.25) is 0 Å². The summed E-state index contributed by atoms with van der Waals surface area (Å²) in [5, 5.41) is 2.80. The highest BCUT2D eigenvalue weighted by molar-refractivity contribution is 7.89. The molecular weight excluding hydrogens is 240 g/mol. The van der Waals surface area contributed by atoms with Crippen LogP contribution in [0.5, 0.6) is 0 Å². The van der Waals surface area contributed by atoms with Crippen molar-refractivity contribution in [3.05, 3.63) is 17.9 Å². The van der Waals surface area contributed by atoms with E-state index < -0.39 is 10.0 Å². The lowest BCUT2D eigenvalue weighted by atomic mass is 10.5. The molecule has 0 amide bonds. The Labute approximate surface area is 95.7 Å². The Hall–Kier alpha value is -0.560. The van der Waals surface area contributed by atoms with E-state index in [1.165, 1.54) is 6.07 Å². The molecule has 0 radical (unpaired) electrons. The first-order valence-corrected chi connectivity index (χ1v) is 5.75. The monoisotopic (exact) mass is 254 g/mol. The van der Waals surface area contributed by atoms with Gasteiger partial charge in [0.05, 0.1) is 0 Å². The largest absolute Gasteiger partial charge is 0.449 e. The van der Waals surface area contributed by atoms with E-state index in [-0.39, 0.29) is 17.5 Å². The van der Waals surface area contributed by atoms with Crippen LogP contribution in [0.3, 0.4) is 0 Å². The van der Waals surface area contributed by atoms with Crippen LogP contribution in [0.15, 0.2) is 21.6 Å². The third-order valence-corrected chi connectivity index (χ3v) is 2.98. The van der Waals surface area contributed by atoms with Gasteiger partial charge in [-0.1, -0.05) is 0 Å². The van der Waals surface area contributed by atoms with Crippen LogP contribution in [0.25, 0.3) is 0 Å². The Morgan fingerprint density at radius 1 is 1.33 bits per heavy atom. The SMILES string of the molecule is CNCCNS(=O)(=O)c1ccc(C)o1.Cl. The van der Waals surface area contributed by atoms with Crippen LogP contribution in [0.4, 0.5) is 0 Å². The van der Waals surface area contributed by atoms with Crippen molar-refractivity contribution in [3.63, 3.8) is 0 Å². The molecule has 1 heterocycles. The maximum absolute atomic E-state index is 11.5. The van der Waals surface area contributed by atoms with E-state index in [0.717, 1.165) is 0 Å². The minimum atomic E-state index is -3.47. The fourth-order valence-electron chi connectivity index (χ4n) is 0.938. The molecule has 88 valence electrons. The predicted molar refractivity (Wildman–Crippen MR) is 59.8 cm³/mol. The molecule has 1 aromatic rings. The molecule has 1 rings (SSSR count). The van der Waals surface area contributed by atoms with Crippen LogP contribution in [-0.2, 0) is 10.0 Å². The maximum atomic E-state index is 11.5. The minimum absolute atomic E-state index is 0. The van der Waals surface area contributed by atoms with E-state index in [1.54, 1.807) is 20.0 Å². The third-order valence-electron chi connectivity index (χ3n) is 1.65. The molecule has 0 unspecified atom stereocenters. The average molecular weight is 255 g/mol. The molecular formula is C8H15ClN2O3S. The lowest BCUT2D eigenvalue weighted by Crippen LogP contribution is -2.30. The number of aryl methyl sites for hydroxylation is 1. The van der Waals surface area contributed by atoms with Gasteiger partial charge >= 0.3 is 0 Å². The fourth-order valence-corrected chi connectivity index (χ4v) is 1.94. The zero-order chi connectivity index (χ0) is 10.6. The van der Waals surface area contributed by atoms with Crippen molar-refractivity contribution in [1.82, 2.24) is 10.0 Å². The van der Waals surface area contributed by atoms with E-state index in [1.807, 2.05) is 0 Å². The molecule has 15 heavy (non-hydrogen) atoms. The molecule has 2 N–H and O–H groups in total. The second kappa shape index (κ2) is 6.12. The van der Waals surface area contributed by atoms with Gasteiger partial charge in [0.15, 0.2) is 0 Å². The number of nitrogens with one attached hydrogen (secondary N) is 2. The van der Waals surface area contributed by atoms with Crippen molar-refractivity contribution in [2.45, 2.75) is 12.0 Å². The summed E-state index contributed by atoms with van der Waals surface area (Å²) in [6, 6.07) is 3.06. The molecule has 1 aromatic heterocycles. The van der Waals surface area contributed by atoms with Gasteiger partial charge in [0.2, 0.25) is 5.09 Å². The summed E-state index contributed by atoms with van der Waals surface area (Å²) in [5.41, 5.74) is 0. The van der Waals surface area contributed by atoms with Crippen molar-refractivity contribution in [3.8, 4) is 0 Å². The highest BCUT2D eigenvalue weighted by Gasteiger charge is 2.16. The van der Waals surface area contributed by atoms with Gasteiger partial charge in [-0.2, -0.15) is 0 Å². The van der Waals surface area contributed by atoms with Crippen LogP contribution < -0.4 is 10.0 Å². The van der Waals surface area contributed by atoms with Gasteiger partial charge in [-0.05, 0) is 26.1 Å². The lowest BCUT2D eigenvalue weighted by Gasteiger charge is -2.02. The first-order chi connectivity index (χ1) is 6.56. The smallest absolute Gasteiger partial charge is 0.274 e. The van der Waals surface area contributed by atoms with E-state index in [9.17, 15) is 8.42 Å². The van der Waals surface area contributed by atoms with E-state index in [4.69, 9.17) is 4.42 Å². The van der Waals surface area contributed by atoms with Crippen LogP contribution in [0.2, 0.25) is 0 Å². The normalized spacial score (nSPS) is 11.1. The zero-order valence-electron chi connectivity index (χ0n) is 8.61. The average Bonchev–Trinajstić information content (AvgIpc) is 2.53. The summed E-state index contributed by atoms with van der Waals surface area (Å²) in [4.78, 5) is 0. The molecule has 7 heteroatoms. The van der Waals surface area contributed by atoms with Crippen LogP contribution in [-0.4, -0.2) is 28.6 Å². The summed E-state index contributed by atoms with van der Waals surface area (Å²) >= 11 is 0. The maximum Gasteiger partial charge on any atom is 0.274 e. The summed E-state index contributed by atoms with van der Waals surface area (Å²) in [5.74, 6) is 0.582. The first kappa shape index (κ1) is 14.4. The summed E-state index contributed by atoms with van der Waals surface area (Å²) in [6.45, 7) is 2.63. The summed E-state index contributed by atoms with van der Waals surface area (Å²) in [7, 11) is -1.71. The minimum Gasteiger partial charge on any atom is -0.449 e. The van der Waals surface area contributed by atoms with Crippen molar-refractivity contribution in [2.24, 2.45) is 0 Å². The summed E-state index contributed by atoms with van der Waals surface area (Å²) in [6.07, 6.45) is 0. The molecule has 0 bridgehead atoms. The highest BCUT2D eigenvalue weighted by atomic mass is 35.5. The van der Waals surface area contributed by atoms with Crippen molar-refractivity contribution < 1.29 is 12.8 Å². The third kappa shape index (κ3) is 4.21. The molecule has 0 spiro atoms. The lowest BCUT2D eigenvalue weighted by molar-refractivity contribution is 0.425. The number of rotatable bonds is 5. The Kier molecular flexibility index (Phi) is 5.89. The molecule has 0 aliphatic carbocycles. The van der Waals surface area contributed by atoms with Gasteiger partial charge in [0, 0.05) is 13.1 Å². The second-order valence-electron chi connectivity index (χ2n) is 2.87. The predicted octanol–water partition coefficient (Wildman–Crippen LogP) is 0.508.